The third-order valence-corrected chi connectivity index (χ3v) is 3.93. The number of nitrogens with zero attached hydrogens (tertiary/aromatic N) is 2. The lowest BCUT2D eigenvalue weighted by Crippen LogP contribution is -2.40. The highest BCUT2D eigenvalue weighted by molar-refractivity contribution is 6.42. The second-order valence-corrected chi connectivity index (χ2v) is 5.72. The van der Waals surface area contributed by atoms with Crippen LogP contribution in [0.5, 0.6) is 0 Å². The average Bonchev–Trinajstić information content (AvgIpc) is 2.65. The molecule has 116 valence electrons. The number of carbonyl (C=O) groups is 1. The van der Waals surface area contributed by atoms with Gasteiger partial charge in [-0.1, -0.05) is 41.7 Å². The number of anilines is 1. The van der Waals surface area contributed by atoms with E-state index >= 15 is 0 Å². The van der Waals surface area contributed by atoms with Gasteiger partial charge in [0.2, 0.25) is 0 Å². The Hall–Kier alpha value is -0.690. The molecule has 0 N–H and O–H groups in total. The summed E-state index contributed by atoms with van der Waals surface area (Å²) < 4.78 is 38.7. The molecule has 0 bridgehead atoms. The maximum atomic E-state index is 12.9. The smallest absolute Gasteiger partial charge is 0.272 e. The topological polar surface area (TPSA) is 23.6 Å². The van der Waals surface area contributed by atoms with Crippen LogP contribution >= 0.6 is 34.8 Å². The molecule has 1 aromatic carbocycles. The lowest BCUT2D eigenvalue weighted by atomic mass is 10.1. The van der Waals surface area contributed by atoms with Gasteiger partial charge in [0.15, 0.2) is 0 Å². The van der Waals surface area contributed by atoms with Gasteiger partial charge in [-0.05, 0) is 12.1 Å². The first-order valence-corrected chi connectivity index (χ1v) is 7.10. The molecule has 0 saturated carbocycles. The highest BCUT2D eigenvalue weighted by atomic mass is 35.5. The van der Waals surface area contributed by atoms with Crippen molar-refractivity contribution in [1.82, 2.24) is 5.01 Å². The maximum absolute atomic E-state index is 12.9. The minimum absolute atomic E-state index is 0.0151. The van der Waals surface area contributed by atoms with E-state index in [4.69, 9.17) is 34.8 Å². The minimum Gasteiger partial charge on any atom is -0.272 e. The van der Waals surface area contributed by atoms with Crippen LogP contribution in [0.2, 0.25) is 15.1 Å². The number of carbonyl (C=O) groups excluding carboxylic acids is 1. The first-order chi connectivity index (χ1) is 9.66. The Balaban J connectivity index is 2.50. The highest BCUT2D eigenvalue weighted by Crippen LogP contribution is 2.42. The van der Waals surface area contributed by atoms with Gasteiger partial charge in [0, 0.05) is 18.1 Å². The van der Waals surface area contributed by atoms with E-state index in [1.165, 1.54) is 17.1 Å². The van der Waals surface area contributed by atoms with Crippen molar-refractivity contribution in [3.8, 4) is 0 Å². The molecule has 0 aliphatic carbocycles. The van der Waals surface area contributed by atoms with E-state index < -0.39 is 24.5 Å². The van der Waals surface area contributed by atoms with Gasteiger partial charge < -0.3 is 0 Å². The Labute approximate surface area is 134 Å². The molecule has 1 unspecified atom stereocenters. The first kappa shape index (κ1) is 16.7. The predicted octanol–water partition coefficient (Wildman–Crippen LogP) is 4.41. The van der Waals surface area contributed by atoms with E-state index in [2.05, 4.69) is 0 Å². The number of hydrogen-bond donors (Lipinski definition) is 0. The second kappa shape index (κ2) is 5.83. The van der Waals surface area contributed by atoms with Gasteiger partial charge in [0.05, 0.1) is 15.7 Å². The van der Waals surface area contributed by atoms with Gasteiger partial charge >= 0.3 is 6.18 Å². The zero-order valence-corrected chi connectivity index (χ0v) is 13.0. The van der Waals surface area contributed by atoms with E-state index in [-0.39, 0.29) is 27.3 Å². The maximum Gasteiger partial charge on any atom is 0.401 e. The van der Waals surface area contributed by atoms with Gasteiger partial charge in [-0.2, -0.15) is 13.2 Å². The first-order valence-electron chi connectivity index (χ1n) is 5.97. The van der Waals surface area contributed by atoms with Crippen LogP contribution in [0, 0.1) is 5.92 Å². The second-order valence-electron chi connectivity index (χ2n) is 4.47. The van der Waals surface area contributed by atoms with Crippen LogP contribution in [0.25, 0.3) is 0 Å². The molecule has 1 saturated heterocycles. The van der Waals surface area contributed by atoms with Crippen molar-refractivity contribution in [3.05, 3.63) is 27.2 Å². The Bertz CT molecular complexity index is 556. The molecule has 0 aromatic heterocycles. The van der Waals surface area contributed by atoms with Crippen LogP contribution in [0.4, 0.5) is 18.9 Å². The Kier molecular flexibility index (Phi) is 4.63. The van der Waals surface area contributed by atoms with Crippen molar-refractivity contribution >= 4 is 46.4 Å². The fourth-order valence-electron chi connectivity index (χ4n) is 2.16. The standard InChI is InChI=1S/C12H10Cl3F3N2O/c1-2-19-5-7(12(16,17)18)11(21)20(19)10-8(14)3-6(13)4-9(10)15/h3-4,7H,2,5H2,1H3. The summed E-state index contributed by atoms with van der Waals surface area (Å²) in [6.45, 7) is 1.37. The molecule has 3 nitrogen and oxygen atoms in total. The molecular weight excluding hydrogens is 351 g/mol. The minimum atomic E-state index is -4.62. The lowest BCUT2D eigenvalue weighted by molar-refractivity contribution is -0.175. The molecule has 1 aliphatic heterocycles. The van der Waals surface area contributed by atoms with E-state index in [0.29, 0.717) is 0 Å². The molecule has 9 heteroatoms. The monoisotopic (exact) mass is 360 g/mol. The van der Waals surface area contributed by atoms with E-state index in [0.717, 1.165) is 5.01 Å². The van der Waals surface area contributed by atoms with E-state index in [9.17, 15) is 18.0 Å². The largest absolute Gasteiger partial charge is 0.401 e. The zero-order chi connectivity index (χ0) is 15.9. The fraction of sp³-hybridized carbons (Fsp3) is 0.417. The van der Waals surface area contributed by atoms with Crippen LogP contribution in [-0.2, 0) is 4.79 Å². The number of hydrogen-bond acceptors (Lipinski definition) is 2. The SMILES string of the molecule is CCN1CC(C(F)(F)F)C(=O)N1c1c(Cl)cc(Cl)cc1Cl. The van der Waals surface area contributed by atoms with Gasteiger partial charge in [0.25, 0.3) is 5.91 Å². The number of alkyl halides is 3. The number of hydrazine groups is 1. The Morgan fingerprint density at radius 3 is 2.19 bits per heavy atom. The Morgan fingerprint density at radius 2 is 1.76 bits per heavy atom. The van der Waals surface area contributed by atoms with Crippen LogP contribution in [-0.4, -0.2) is 30.2 Å². The van der Waals surface area contributed by atoms with Crippen LogP contribution < -0.4 is 5.01 Å². The summed E-state index contributed by atoms with van der Waals surface area (Å²) in [7, 11) is 0. The van der Waals surface area contributed by atoms with Crippen molar-refractivity contribution < 1.29 is 18.0 Å². The summed E-state index contributed by atoms with van der Waals surface area (Å²) in [6, 6.07) is 2.65. The van der Waals surface area contributed by atoms with E-state index in [1.807, 2.05) is 0 Å². The molecular formula is C12H10Cl3F3N2O. The molecule has 1 amide bonds. The summed E-state index contributed by atoms with van der Waals surface area (Å²) in [4.78, 5) is 12.1. The molecule has 1 heterocycles. The quantitative estimate of drug-likeness (QED) is 0.779. The molecule has 0 spiro atoms. The molecule has 1 aliphatic rings. The molecule has 2 rings (SSSR count). The van der Waals surface area contributed by atoms with Gasteiger partial charge in [0.1, 0.15) is 5.92 Å². The molecule has 21 heavy (non-hydrogen) atoms. The predicted molar refractivity (Wildman–Crippen MR) is 75.8 cm³/mol. The summed E-state index contributed by atoms with van der Waals surface area (Å²) in [5.41, 5.74) is 0.0151. The fourth-order valence-corrected chi connectivity index (χ4v) is 3.14. The number of halogens is 6. The summed E-state index contributed by atoms with van der Waals surface area (Å²) in [5.74, 6) is -3.20. The highest BCUT2D eigenvalue weighted by Gasteiger charge is 2.53. The van der Waals surface area contributed by atoms with Crippen molar-refractivity contribution in [1.29, 1.82) is 0 Å². The zero-order valence-electron chi connectivity index (χ0n) is 10.7. The van der Waals surface area contributed by atoms with Gasteiger partial charge in [-0.3, -0.25) is 4.79 Å². The van der Waals surface area contributed by atoms with Crippen molar-refractivity contribution in [2.45, 2.75) is 13.1 Å². The average molecular weight is 362 g/mol. The Morgan fingerprint density at radius 1 is 1.24 bits per heavy atom. The molecule has 1 atom stereocenters. The van der Waals surface area contributed by atoms with Crippen LogP contribution in [0.1, 0.15) is 6.92 Å². The van der Waals surface area contributed by atoms with Crippen molar-refractivity contribution in [3.63, 3.8) is 0 Å². The van der Waals surface area contributed by atoms with Crippen molar-refractivity contribution in [2.75, 3.05) is 18.1 Å². The molecule has 1 aromatic rings. The number of benzene rings is 1. The summed E-state index contributed by atoms with van der Waals surface area (Å²) >= 11 is 17.8. The normalized spacial score (nSPS) is 20.4. The lowest BCUT2D eigenvalue weighted by Gasteiger charge is -2.28. The summed E-state index contributed by atoms with van der Waals surface area (Å²) in [5, 5.41) is 2.40. The number of rotatable bonds is 2. The third kappa shape index (κ3) is 3.08. The third-order valence-electron chi connectivity index (χ3n) is 3.14. The molecule has 0 radical (unpaired) electrons. The van der Waals surface area contributed by atoms with Crippen LogP contribution in [0.3, 0.4) is 0 Å². The van der Waals surface area contributed by atoms with Crippen LogP contribution in [0.15, 0.2) is 12.1 Å². The van der Waals surface area contributed by atoms with E-state index in [1.54, 1.807) is 6.92 Å². The molecule has 1 fully saturated rings. The van der Waals surface area contributed by atoms with Gasteiger partial charge in [-0.25, -0.2) is 10.0 Å². The summed E-state index contributed by atoms with van der Waals surface area (Å²) in [6.07, 6.45) is -4.62. The number of amides is 1. The van der Waals surface area contributed by atoms with Gasteiger partial charge in [-0.15, -0.1) is 0 Å². The van der Waals surface area contributed by atoms with Crippen molar-refractivity contribution in [2.24, 2.45) is 5.92 Å².